The van der Waals surface area contributed by atoms with Crippen LogP contribution in [0.3, 0.4) is 0 Å². The van der Waals surface area contributed by atoms with Crippen molar-refractivity contribution >= 4 is 30.5 Å². The molecule has 1 aliphatic rings. The van der Waals surface area contributed by atoms with Crippen molar-refractivity contribution in [2.24, 2.45) is 0 Å². The van der Waals surface area contributed by atoms with E-state index in [0.29, 0.717) is 0 Å². The van der Waals surface area contributed by atoms with Gasteiger partial charge in [0.05, 0.1) is 0 Å². The molecular weight excluding hydrogens is 259 g/mol. The number of pyridine rings is 1. The molecule has 2 nitrogen and oxygen atoms in total. The van der Waals surface area contributed by atoms with Crippen molar-refractivity contribution in [2.45, 2.75) is 25.4 Å². The second-order valence-corrected chi connectivity index (χ2v) is 6.35. The van der Waals surface area contributed by atoms with Gasteiger partial charge in [-0.3, -0.25) is 0 Å². The van der Waals surface area contributed by atoms with Crippen LogP contribution < -0.4 is 4.67 Å². The summed E-state index contributed by atoms with van der Waals surface area (Å²) < 4.78 is 3.20. The van der Waals surface area contributed by atoms with E-state index in [4.69, 9.17) is 0 Å². The van der Waals surface area contributed by atoms with Gasteiger partial charge in [0.25, 0.3) is 0 Å². The van der Waals surface area contributed by atoms with Gasteiger partial charge < -0.3 is 4.67 Å². The highest BCUT2D eigenvalue weighted by Crippen LogP contribution is 2.42. The molecular formula is C10H14BrN2P. The molecule has 1 fully saturated rings. The molecule has 76 valence electrons. The fourth-order valence-electron chi connectivity index (χ4n) is 1.33. The monoisotopic (exact) mass is 272 g/mol. The lowest BCUT2D eigenvalue weighted by Crippen LogP contribution is -2.07. The van der Waals surface area contributed by atoms with Gasteiger partial charge in [-0.2, -0.15) is 0 Å². The Kier molecular flexibility index (Phi) is 3.08. The summed E-state index contributed by atoms with van der Waals surface area (Å²) in [4.78, 5) is 4.46. The highest BCUT2D eigenvalue weighted by Gasteiger charge is 2.23. The molecule has 0 aliphatic heterocycles. The van der Waals surface area contributed by atoms with Crippen LogP contribution in [-0.4, -0.2) is 17.7 Å². The molecule has 1 aromatic heterocycles. The Hall–Kier alpha value is -0.140. The Balaban J connectivity index is 2.12. The maximum atomic E-state index is 4.46. The predicted octanol–water partition coefficient (Wildman–Crippen LogP) is 3.34. The van der Waals surface area contributed by atoms with E-state index < -0.39 is 0 Å². The molecule has 1 atom stereocenters. The largest absolute Gasteiger partial charge is 0.341 e. The molecule has 1 aliphatic carbocycles. The standard InChI is InChI=1S/C10H14BrN2P/c1-7-5-9(11)12-10(6-7)13(2)14-8-3-4-8/h5-6,8,14H,3-4H2,1-2H3. The zero-order valence-electron chi connectivity index (χ0n) is 8.42. The van der Waals surface area contributed by atoms with Gasteiger partial charge in [0.1, 0.15) is 10.4 Å². The third-order valence-electron chi connectivity index (χ3n) is 2.22. The lowest BCUT2D eigenvalue weighted by Gasteiger charge is -2.18. The quantitative estimate of drug-likeness (QED) is 0.620. The van der Waals surface area contributed by atoms with Crippen LogP contribution in [0.5, 0.6) is 0 Å². The number of hydrogen-bond donors (Lipinski definition) is 0. The number of aryl methyl sites for hydroxylation is 1. The Morgan fingerprint density at radius 3 is 2.79 bits per heavy atom. The third kappa shape index (κ3) is 2.68. The van der Waals surface area contributed by atoms with Gasteiger partial charge in [-0.25, -0.2) is 4.98 Å². The number of hydrogen-bond acceptors (Lipinski definition) is 2. The molecule has 14 heavy (non-hydrogen) atoms. The lowest BCUT2D eigenvalue weighted by atomic mass is 10.3. The summed E-state index contributed by atoms with van der Waals surface area (Å²) in [5.74, 6) is 1.09. The second kappa shape index (κ2) is 4.16. The van der Waals surface area contributed by atoms with Crippen molar-refractivity contribution in [2.75, 3.05) is 11.7 Å². The first-order valence-electron chi connectivity index (χ1n) is 4.79. The fraction of sp³-hybridized carbons (Fsp3) is 0.500. The molecule has 0 aromatic carbocycles. The zero-order chi connectivity index (χ0) is 10.1. The number of halogens is 1. The summed E-state index contributed by atoms with van der Waals surface area (Å²) in [6.45, 7) is 2.10. The molecule has 0 bridgehead atoms. The van der Waals surface area contributed by atoms with Crippen molar-refractivity contribution in [3.63, 3.8) is 0 Å². The maximum absolute atomic E-state index is 4.46. The summed E-state index contributed by atoms with van der Waals surface area (Å²) >= 11 is 3.43. The topological polar surface area (TPSA) is 16.1 Å². The molecule has 0 saturated heterocycles. The van der Waals surface area contributed by atoms with Crippen molar-refractivity contribution in [3.8, 4) is 0 Å². The van der Waals surface area contributed by atoms with E-state index >= 15 is 0 Å². The smallest absolute Gasteiger partial charge is 0.132 e. The van der Waals surface area contributed by atoms with E-state index in [9.17, 15) is 0 Å². The molecule has 0 spiro atoms. The molecule has 1 unspecified atom stereocenters. The SMILES string of the molecule is Cc1cc(Br)nc(N(C)PC2CC2)c1. The van der Waals surface area contributed by atoms with E-state index in [0.717, 1.165) is 24.8 Å². The summed E-state index contributed by atoms with van der Waals surface area (Å²) in [5.41, 5.74) is 2.19. The fourth-order valence-corrected chi connectivity index (χ4v) is 3.09. The number of rotatable bonds is 3. The Labute approximate surface area is 95.1 Å². The van der Waals surface area contributed by atoms with Crippen LogP contribution in [0.2, 0.25) is 0 Å². The molecule has 2 rings (SSSR count). The minimum atomic E-state index is 0.894. The van der Waals surface area contributed by atoms with E-state index in [1.807, 2.05) is 6.07 Å². The molecule has 0 N–H and O–H groups in total. The number of anilines is 1. The molecule has 1 aromatic rings. The molecule has 0 radical (unpaired) electrons. The van der Waals surface area contributed by atoms with Crippen molar-refractivity contribution in [1.82, 2.24) is 4.98 Å². The second-order valence-electron chi connectivity index (χ2n) is 3.79. The van der Waals surface area contributed by atoms with Gasteiger partial charge in [0, 0.05) is 7.05 Å². The number of nitrogens with zero attached hydrogens (tertiary/aromatic N) is 2. The van der Waals surface area contributed by atoms with E-state index in [-0.39, 0.29) is 0 Å². The van der Waals surface area contributed by atoms with Gasteiger partial charge in [0.2, 0.25) is 0 Å². The average Bonchev–Trinajstić information content (AvgIpc) is 2.86. The van der Waals surface area contributed by atoms with Gasteiger partial charge in [0.15, 0.2) is 0 Å². The van der Waals surface area contributed by atoms with Crippen LogP contribution in [0, 0.1) is 6.92 Å². The van der Waals surface area contributed by atoms with Gasteiger partial charge >= 0.3 is 0 Å². The Bertz CT molecular complexity index is 319. The summed E-state index contributed by atoms with van der Waals surface area (Å²) in [6, 6.07) is 4.18. The van der Waals surface area contributed by atoms with Gasteiger partial charge in [-0.15, -0.1) is 0 Å². The predicted molar refractivity (Wildman–Crippen MR) is 66.4 cm³/mol. The molecule has 1 saturated carbocycles. The maximum Gasteiger partial charge on any atom is 0.132 e. The summed E-state index contributed by atoms with van der Waals surface area (Å²) in [6.07, 6.45) is 2.80. The molecule has 0 amide bonds. The molecule has 4 heteroatoms. The number of aromatic nitrogens is 1. The lowest BCUT2D eigenvalue weighted by molar-refractivity contribution is 1.16. The van der Waals surface area contributed by atoms with E-state index in [1.54, 1.807) is 0 Å². The minimum absolute atomic E-state index is 0.894. The van der Waals surface area contributed by atoms with E-state index in [2.05, 4.69) is 45.6 Å². The van der Waals surface area contributed by atoms with Crippen LogP contribution in [0.15, 0.2) is 16.7 Å². The normalized spacial score (nSPS) is 16.5. The average molecular weight is 273 g/mol. The Morgan fingerprint density at radius 2 is 2.21 bits per heavy atom. The Morgan fingerprint density at radius 1 is 1.50 bits per heavy atom. The van der Waals surface area contributed by atoms with Crippen molar-refractivity contribution in [1.29, 1.82) is 0 Å². The first-order valence-corrected chi connectivity index (χ1v) is 6.61. The first kappa shape index (κ1) is 10.4. The minimum Gasteiger partial charge on any atom is -0.341 e. The van der Waals surface area contributed by atoms with Crippen LogP contribution in [0.1, 0.15) is 18.4 Å². The third-order valence-corrected chi connectivity index (χ3v) is 4.19. The van der Waals surface area contributed by atoms with Crippen LogP contribution in [0.25, 0.3) is 0 Å². The highest BCUT2D eigenvalue weighted by atomic mass is 79.9. The van der Waals surface area contributed by atoms with Gasteiger partial charge in [-0.1, -0.05) is 0 Å². The van der Waals surface area contributed by atoms with Crippen molar-refractivity contribution < 1.29 is 0 Å². The highest BCUT2D eigenvalue weighted by molar-refractivity contribution is 9.10. The van der Waals surface area contributed by atoms with Crippen LogP contribution in [0.4, 0.5) is 5.82 Å². The van der Waals surface area contributed by atoms with E-state index in [1.165, 1.54) is 18.4 Å². The first-order chi connectivity index (χ1) is 6.65. The molecule has 1 heterocycles. The zero-order valence-corrected chi connectivity index (χ0v) is 11.0. The van der Waals surface area contributed by atoms with Crippen LogP contribution in [-0.2, 0) is 0 Å². The summed E-state index contributed by atoms with van der Waals surface area (Å²) in [7, 11) is 3.02. The summed E-state index contributed by atoms with van der Waals surface area (Å²) in [5, 5.41) is 0. The van der Waals surface area contributed by atoms with Gasteiger partial charge in [-0.05, 0) is 67.8 Å². The van der Waals surface area contributed by atoms with Crippen molar-refractivity contribution in [3.05, 3.63) is 22.3 Å². The van der Waals surface area contributed by atoms with Crippen LogP contribution >= 0.6 is 24.7 Å².